The second-order valence-corrected chi connectivity index (χ2v) is 7.81. The lowest BCUT2D eigenvalue weighted by atomic mass is 10.2. The number of carbonyl (C=O) groups is 2. The fraction of sp³-hybridized carbons (Fsp3) is 0.500. The average Bonchev–Trinajstić information content (AvgIpc) is 2.59. The standard InChI is InChI=1S/C16H23ClN2O6S/c1-11(2)24-8-4-7-19-15(20)10-25-16(21)12-5-6-13(17)14(9-12)26(22,23)18-3/h5-6,9,11,18H,4,7-8,10H2,1-3H3,(H,19,20). The molecular formula is C16H23ClN2O6S. The number of hydrogen-bond donors (Lipinski definition) is 2. The van der Waals surface area contributed by atoms with Gasteiger partial charge in [-0.25, -0.2) is 17.9 Å². The fourth-order valence-electron chi connectivity index (χ4n) is 1.83. The SMILES string of the molecule is CNS(=O)(=O)c1cc(C(=O)OCC(=O)NCCCOC(C)C)ccc1Cl. The number of ether oxygens (including phenoxy) is 2. The minimum absolute atomic E-state index is 0.0265. The molecule has 0 unspecified atom stereocenters. The molecule has 0 aliphatic carbocycles. The lowest BCUT2D eigenvalue weighted by Crippen LogP contribution is -2.30. The van der Waals surface area contributed by atoms with E-state index in [0.29, 0.717) is 19.6 Å². The van der Waals surface area contributed by atoms with Crippen molar-refractivity contribution in [2.24, 2.45) is 0 Å². The molecular weight excluding hydrogens is 384 g/mol. The quantitative estimate of drug-likeness (QED) is 0.448. The summed E-state index contributed by atoms with van der Waals surface area (Å²) in [7, 11) is -2.59. The first-order valence-corrected chi connectivity index (χ1v) is 9.82. The van der Waals surface area contributed by atoms with Crippen LogP contribution >= 0.6 is 11.6 Å². The van der Waals surface area contributed by atoms with Gasteiger partial charge in [-0.15, -0.1) is 0 Å². The van der Waals surface area contributed by atoms with E-state index in [2.05, 4.69) is 10.0 Å². The van der Waals surface area contributed by atoms with Crippen molar-refractivity contribution in [3.63, 3.8) is 0 Å². The molecule has 0 saturated carbocycles. The maximum Gasteiger partial charge on any atom is 0.338 e. The van der Waals surface area contributed by atoms with E-state index < -0.39 is 28.5 Å². The van der Waals surface area contributed by atoms with Crippen LogP contribution in [0.1, 0.15) is 30.6 Å². The highest BCUT2D eigenvalue weighted by molar-refractivity contribution is 7.89. The first-order chi connectivity index (χ1) is 12.2. The number of amides is 1. The number of hydrogen-bond acceptors (Lipinski definition) is 6. The van der Waals surface area contributed by atoms with Crippen molar-refractivity contribution in [1.82, 2.24) is 10.0 Å². The lowest BCUT2D eigenvalue weighted by molar-refractivity contribution is -0.124. The van der Waals surface area contributed by atoms with Crippen LogP contribution in [0.15, 0.2) is 23.1 Å². The van der Waals surface area contributed by atoms with Crippen LogP contribution in [0.5, 0.6) is 0 Å². The normalized spacial score (nSPS) is 11.4. The van der Waals surface area contributed by atoms with E-state index >= 15 is 0 Å². The van der Waals surface area contributed by atoms with Gasteiger partial charge < -0.3 is 14.8 Å². The molecule has 0 saturated heterocycles. The summed E-state index contributed by atoms with van der Waals surface area (Å²) in [5.41, 5.74) is -0.0265. The largest absolute Gasteiger partial charge is 0.452 e. The van der Waals surface area contributed by atoms with Gasteiger partial charge in [-0.2, -0.15) is 0 Å². The maximum absolute atomic E-state index is 12.0. The Kier molecular flexibility index (Phi) is 9.00. The summed E-state index contributed by atoms with van der Waals surface area (Å²) in [5.74, 6) is -1.28. The van der Waals surface area contributed by atoms with Crippen molar-refractivity contribution >= 4 is 33.5 Å². The Bertz CT molecular complexity index is 736. The topological polar surface area (TPSA) is 111 Å². The monoisotopic (exact) mass is 406 g/mol. The highest BCUT2D eigenvalue weighted by Gasteiger charge is 2.19. The molecule has 1 amide bonds. The Hall–Kier alpha value is -1.68. The molecule has 0 aliphatic rings. The number of esters is 1. The fourth-order valence-corrected chi connectivity index (χ4v) is 3.08. The molecule has 10 heteroatoms. The Morgan fingerprint density at radius 1 is 1.27 bits per heavy atom. The molecule has 0 radical (unpaired) electrons. The van der Waals surface area contributed by atoms with Gasteiger partial charge in [-0.3, -0.25) is 4.79 Å². The highest BCUT2D eigenvalue weighted by Crippen LogP contribution is 2.22. The van der Waals surface area contributed by atoms with Crippen LogP contribution in [0.2, 0.25) is 5.02 Å². The van der Waals surface area contributed by atoms with Crippen LogP contribution in [-0.4, -0.2) is 53.2 Å². The predicted octanol–water partition coefficient (Wildman–Crippen LogP) is 1.34. The van der Waals surface area contributed by atoms with Crippen LogP contribution in [-0.2, 0) is 24.3 Å². The molecule has 0 bridgehead atoms. The van der Waals surface area contributed by atoms with Crippen molar-refractivity contribution in [2.45, 2.75) is 31.3 Å². The highest BCUT2D eigenvalue weighted by atomic mass is 35.5. The van der Waals surface area contributed by atoms with Gasteiger partial charge in [0.1, 0.15) is 4.90 Å². The van der Waals surface area contributed by atoms with Gasteiger partial charge in [0, 0.05) is 13.2 Å². The molecule has 146 valence electrons. The van der Waals surface area contributed by atoms with Crippen LogP contribution in [0.25, 0.3) is 0 Å². The molecule has 0 fully saturated rings. The van der Waals surface area contributed by atoms with Crippen LogP contribution in [0.3, 0.4) is 0 Å². The number of carbonyl (C=O) groups excluding carboxylic acids is 2. The first kappa shape index (κ1) is 22.4. The molecule has 0 spiro atoms. The van der Waals surface area contributed by atoms with Crippen molar-refractivity contribution in [2.75, 3.05) is 26.8 Å². The smallest absolute Gasteiger partial charge is 0.338 e. The van der Waals surface area contributed by atoms with Gasteiger partial charge in [0.15, 0.2) is 6.61 Å². The average molecular weight is 407 g/mol. The number of benzene rings is 1. The van der Waals surface area contributed by atoms with E-state index in [4.69, 9.17) is 21.1 Å². The third-order valence-corrected chi connectivity index (χ3v) is 5.05. The Morgan fingerprint density at radius 2 is 1.96 bits per heavy atom. The zero-order chi connectivity index (χ0) is 19.7. The van der Waals surface area contributed by atoms with Crippen molar-refractivity contribution in [3.8, 4) is 0 Å². The Labute approximate surface area is 158 Å². The van der Waals surface area contributed by atoms with E-state index in [1.165, 1.54) is 19.2 Å². The Morgan fingerprint density at radius 3 is 2.58 bits per heavy atom. The molecule has 1 aromatic carbocycles. The van der Waals surface area contributed by atoms with E-state index in [-0.39, 0.29) is 21.6 Å². The van der Waals surface area contributed by atoms with E-state index in [9.17, 15) is 18.0 Å². The van der Waals surface area contributed by atoms with Crippen LogP contribution < -0.4 is 10.0 Å². The first-order valence-electron chi connectivity index (χ1n) is 7.96. The van der Waals surface area contributed by atoms with Gasteiger partial charge in [0.25, 0.3) is 5.91 Å². The minimum atomic E-state index is -3.82. The molecule has 1 aromatic rings. The number of nitrogens with one attached hydrogen (secondary N) is 2. The molecule has 0 aliphatic heterocycles. The summed E-state index contributed by atoms with van der Waals surface area (Å²) < 4.78 is 36.0. The van der Waals surface area contributed by atoms with Gasteiger partial charge in [-0.05, 0) is 45.5 Å². The van der Waals surface area contributed by atoms with Crippen LogP contribution in [0, 0.1) is 0 Å². The summed E-state index contributed by atoms with van der Waals surface area (Å²) in [6.07, 6.45) is 0.767. The molecule has 1 rings (SSSR count). The third-order valence-electron chi connectivity index (χ3n) is 3.15. The molecule has 26 heavy (non-hydrogen) atoms. The summed E-state index contributed by atoms with van der Waals surface area (Å²) in [6.45, 7) is 4.28. The lowest BCUT2D eigenvalue weighted by Gasteiger charge is -2.10. The summed E-state index contributed by atoms with van der Waals surface area (Å²) in [6, 6.07) is 3.69. The zero-order valence-corrected chi connectivity index (χ0v) is 16.4. The predicted molar refractivity (Wildman–Crippen MR) is 96.7 cm³/mol. The minimum Gasteiger partial charge on any atom is -0.452 e. The van der Waals surface area contributed by atoms with E-state index in [1.54, 1.807) is 0 Å². The summed E-state index contributed by atoms with van der Waals surface area (Å²) in [4.78, 5) is 23.4. The second kappa shape index (κ2) is 10.5. The molecule has 0 aromatic heterocycles. The zero-order valence-electron chi connectivity index (χ0n) is 14.9. The number of halogens is 1. The van der Waals surface area contributed by atoms with Crippen molar-refractivity contribution in [3.05, 3.63) is 28.8 Å². The molecule has 0 atom stereocenters. The molecule has 0 heterocycles. The summed E-state index contributed by atoms with van der Waals surface area (Å²) >= 11 is 5.85. The molecule has 8 nitrogen and oxygen atoms in total. The van der Waals surface area contributed by atoms with Gasteiger partial charge in [0.05, 0.1) is 16.7 Å². The van der Waals surface area contributed by atoms with Crippen molar-refractivity contribution < 1.29 is 27.5 Å². The maximum atomic E-state index is 12.0. The van der Waals surface area contributed by atoms with Gasteiger partial charge in [-0.1, -0.05) is 11.6 Å². The third kappa shape index (κ3) is 7.28. The van der Waals surface area contributed by atoms with E-state index in [1.807, 2.05) is 13.8 Å². The Balaban J connectivity index is 2.53. The van der Waals surface area contributed by atoms with Crippen molar-refractivity contribution in [1.29, 1.82) is 0 Å². The van der Waals surface area contributed by atoms with E-state index in [0.717, 1.165) is 6.07 Å². The second-order valence-electron chi connectivity index (χ2n) is 5.55. The van der Waals surface area contributed by atoms with Crippen LogP contribution in [0.4, 0.5) is 0 Å². The van der Waals surface area contributed by atoms with Gasteiger partial charge >= 0.3 is 5.97 Å². The summed E-state index contributed by atoms with van der Waals surface area (Å²) in [5, 5.41) is 2.56. The van der Waals surface area contributed by atoms with Gasteiger partial charge in [0.2, 0.25) is 10.0 Å². The number of sulfonamides is 1. The molecule has 2 N–H and O–H groups in total. The number of rotatable bonds is 10.